The molecule has 108 valence electrons. The summed E-state index contributed by atoms with van der Waals surface area (Å²) in [6.45, 7) is 7.19. The van der Waals surface area contributed by atoms with Crippen LogP contribution in [0.1, 0.15) is 36.2 Å². The second kappa shape index (κ2) is 6.84. The number of hydrogen-bond acceptors (Lipinski definition) is 4. The Balaban J connectivity index is 2.04. The van der Waals surface area contributed by atoms with Gasteiger partial charge >= 0.3 is 0 Å². The predicted molar refractivity (Wildman–Crippen MR) is 81.6 cm³/mol. The van der Waals surface area contributed by atoms with Crippen molar-refractivity contribution in [2.24, 2.45) is 11.7 Å². The minimum Gasteiger partial charge on any atom is -0.381 e. The van der Waals surface area contributed by atoms with E-state index >= 15 is 0 Å². The summed E-state index contributed by atoms with van der Waals surface area (Å²) >= 11 is 1.82. The zero-order valence-electron chi connectivity index (χ0n) is 12.3. The smallest absolute Gasteiger partial charge is 0.0591 e. The fraction of sp³-hybridized carbons (Fsp3) is 0.733. The van der Waals surface area contributed by atoms with Crippen molar-refractivity contribution in [2.75, 3.05) is 26.8 Å². The molecule has 1 aliphatic heterocycles. The van der Waals surface area contributed by atoms with E-state index in [1.54, 1.807) is 0 Å². The Kier molecular flexibility index (Phi) is 5.39. The van der Waals surface area contributed by atoms with Gasteiger partial charge in [0, 0.05) is 24.1 Å². The summed E-state index contributed by atoms with van der Waals surface area (Å²) in [5.74, 6) is 0.653. The Hall–Kier alpha value is -0.420. The van der Waals surface area contributed by atoms with Gasteiger partial charge in [0.25, 0.3) is 0 Å². The molecule has 1 saturated heterocycles. The summed E-state index contributed by atoms with van der Waals surface area (Å²) in [6.07, 6.45) is 2.47. The summed E-state index contributed by atoms with van der Waals surface area (Å²) in [6, 6.07) is 2.65. The van der Waals surface area contributed by atoms with Crippen LogP contribution in [0, 0.1) is 12.8 Å². The third-order valence-electron chi connectivity index (χ3n) is 3.94. The lowest BCUT2D eigenvalue weighted by molar-refractivity contribution is 0.0346. The van der Waals surface area contributed by atoms with Crippen molar-refractivity contribution in [1.29, 1.82) is 0 Å². The van der Waals surface area contributed by atoms with E-state index in [1.165, 1.54) is 23.3 Å². The van der Waals surface area contributed by atoms with Crippen LogP contribution in [0.5, 0.6) is 0 Å². The van der Waals surface area contributed by atoms with E-state index in [4.69, 9.17) is 10.5 Å². The summed E-state index contributed by atoms with van der Waals surface area (Å²) < 4.78 is 5.58. The number of aryl methyl sites for hydroxylation is 1. The van der Waals surface area contributed by atoms with Gasteiger partial charge in [-0.15, -0.1) is 11.3 Å². The Labute approximate surface area is 120 Å². The van der Waals surface area contributed by atoms with E-state index in [9.17, 15) is 0 Å². The first-order valence-electron chi connectivity index (χ1n) is 7.17. The maximum atomic E-state index is 6.24. The molecule has 1 aromatic rings. The number of hydrogen-bond donors (Lipinski definition) is 1. The largest absolute Gasteiger partial charge is 0.381 e. The van der Waals surface area contributed by atoms with Gasteiger partial charge in [0.05, 0.1) is 12.6 Å². The molecule has 0 aromatic carbocycles. The average molecular weight is 282 g/mol. The highest BCUT2D eigenvalue weighted by Crippen LogP contribution is 2.31. The van der Waals surface area contributed by atoms with Gasteiger partial charge in [-0.25, -0.2) is 0 Å². The summed E-state index contributed by atoms with van der Waals surface area (Å²) in [7, 11) is 2.20. The maximum absolute atomic E-state index is 6.24. The summed E-state index contributed by atoms with van der Waals surface area (Å²) in [5.41, 5.74) is 7.60. The van der Waals surface area contributed by atoms with Crippen molar-refractivity contribution < 1.29 is 4.74 Å². The first kappa shape index (κ1) is 15.0. The Bertz CT molecular complexity index is 385. The van der Waals surface area contributed by atoms with Gasteiger partial charge < -0.3 is 10.5 Å². The van der Waals surface area contributed by atoms with Crippen LogP contribution >= 0.6 is 11.3 Å². The number of nitrogens with zero attached hydrogens (tertiary/aromatic N) is 1. The molecule has 1 fully saturated rings. The van der Waals surface area contributed by atoms with Gasteiger partial charge in [-0.3, -0.25) is 4.90 Å². The first-order valence-corrected chi connectivity index (χ1v) is 8.05. The lowest BCUT2D eigenvalue weighted by atomic mass is 9.99. The van der Waals surface area contributed by atoms with Crippen LogP contribution in [0.4, 0.5) is 0 Å². The second-order valence-electron chi connectivity index (χ2n) is 5.79. The molecule has 3 nitrogen and oxygen atoms in total. The molecule has 0 bridgehead atoms. The fourth-order valence-electron chi connectivity index (χ4n) is 3.00. The molecule has 3 unspecified atom stereocenters. The normalized spacial score (nSPS) is 23.5. The summed E-state index contributed by atoms with van der Waals surface area (Å²) in [5, 5.41) is 2.16. The van der Waals surface area contributed by atoms with Crippen LogP contribution in [-0.2, 0) is 4.74 Å². The Morgan fingerprint density at radius 3 is 2.89 bits per heavy atom. The highest BCUT2D eigenvalue weighted by Gasteiger charge is 2.26. The van der Waals surface area contributed by atoms with Gasteiger partial charge in [-0.1, -0.05) is 0 Å². The molecule has 2 rings (SSSR count). The molecule has 2 N–H and O–H groups in total. The molecule has 19 heavy (non-hydrogen) atoms. The van der Waals surface area contributed by atoms with Gasteiger partial charge in [-0.05, 0) is 56.7 Å². The topological polar surface area (TPSA) is 38.5 Å². The summed E-state index contributed by atoms with van der Waals surface area (Å²) in [4.78, 5) is 3.83. The van der Waals surface area contributed by atoms with Crippen LogP contribution in [0.2, 0.25) is 0 Å². The average Bonchev–Trinajstić information content (AvgIpc) is 2.77. The van der Waals surface area contributed by atoms with Crippen molar-refractivity contribution in [3.8, 4) is 0 Å². The number of likely N-dealkylation sites (N-methyl/N-ethyl adjacent to an activating group) is 1. The molecular weight excluding hydrogens is 256 g/mol. The molecule has 0 radical (unpaired) electrons. The zero-order chi connectivity index (χ0) is 13.8. The zero-order valence-corrected chi connectivity index (χ0v) is 13.1. The molecule has 3 atom stereocenters. The van der Waals surface area contributed by atoms with Gasteiger partial charge in [0.1, 0.15) is 0 Å². The van der Waals surface area contributed by atoms with Crippen molar-refractivity contribution >= 4 is 11.3 Å². The third kappa shape index (κ3) is 3.78. The Morgan fingerprint density at radius 2 is 2.37 bits per heavy atom. The molecule has 1 aromatic heterocycles. The van der Waals surface area contributed by atoms with Crippen LogP contribution in [0.25, 0.3) is 0 Å². The Morgan fingerprint density at radius 1 is 1.58 bits per heavy atom. The van der Waals surface area contributed by atoms with Gasteiger partial charge in [0.2, 0.25) is 0 Å². The molecule has 2 heterocycles. The van der Waals surface area contributed by atoms with Crippen molar-refractivity contribution in [3.63, 3.8) is 0 Å². The monoisotopic (exact) mass is 282 g/mol. The molecule has 4 heteroatoms. The quantitative estimate of drug-likeness (QED) is 0.902. The van der Waals surface area contributed by atoms with Crippen molar-refractivity contribution in [1.82, 2.24) is 4.90 Å². The van der Waals surface area contributed by atoms with Crippen LogP contribution in [0.3, 0.4) is 0 Å². The number of ether oxygens (including phenoxy) is 1. The maximum Gasteiger partial charge on any atom is 0.0591 e. The third-order valence-corrected chi connectivity index (χ3v) is 5.03. The SMILES string of the molecule is Cc1ccsc1C(C(C)N)N(C)CC1CCCOC1. The standard InChI is InChI=1S/C15H26N2OS/c1-11-6-8-19-15(11)14(12(2)16)17(3)9-13-5-4-7-18-10-13/h6,8,12-14H,4-5,7,9-10,16H2,1-3H3. The van der Waals surface area contributed by atoms with Crippen LogP contribution < -0.4 is 5.73 Å². The van der Waals surface area contributed by atoms with Gasteiger partial charge in [0.15, 0.2) is 0 Å². The number of nitrogens with two attached hydrogens (primary N) is 1. The number of thiophene rings is 1. The van der Waals surface area contributed by atoms with E-state index in [0.29, 0.717) is 12.0 Å². The van der Waals surface area contributed by atoms with E-state index in [-0.39, 0.29) is 6.04 Å². The van der Waals surface area contributed by atoms with Gasteiger partial charge in [-0.2, -0.15) is 0 Å². The van der Waals surface area contributed by atoms with E-state index < -0.39 is 0 Å². The van der Waals surface area contributed by atoms with Crippen molar-refractivity contribution in [3.05, 3.63) is 21.9 Å². The molecule has 1 aliphatic rings. The number of rotatable bonds is 5. The van der Waals surface area contributed by atoms with E-state index in [1.807, 2.05) is 11.3 Å². The lowest BCUT2D eigenvalue weighted by Gasteiger charge is -2.34. The molecule has 0 saturated carbocycles. The van der Waals surface area contributed by atoms with Crippen LogP contribution in [-0.4, -0.2) is 37.7 Å². The minimum absolute atomic E-state index is 0.145. The fourth-order valence-corrected chi connectivity index (χ4v) is 4.21. The van der Waals surface area contributed by atoms with E-state index in [0.717, 1.165) is 19.8 Å². The second-order valence-corrected chi connectivity index (χ2v) is 6.74. The first-order chi connectivity index (χ1) is 9.09. The highest BCUT2D eigenvalue weighted by molar-refractivity contribution is 7.10. The van der Waals surface area contributed by atoms with Crippen LogP contribution in [0.15, 0.2) is 11.4 Å². The minimum atomic E-state index is 0.145. The van der Waals surface area contributed by atoms with Crippen molar-refractivity contribution in [2.45, 2.75) is 38.8 Å². The molecule has 0 spiro atoms. The molecule has 0 amide bonds. The molecular formula is C15H26N2OS. The predicted octanol–water partition coefficient (Wildman–Crippen LogP) is 2.80. The van der Waals surface area contributed by atoms with E-state index in [2.05, 4.69) is 37.2 Å². The lowest BCUT2D eigenvalue weighted by Crippen LogP contribution is -2.40. The highest BCUT2D eigenvalue weighted by atomic mass is 32.1. The molecule has 0 aliphatic carbocycles.